The Morgan fingerprint density at radius 3 is 2.42 bits per heavy atom. The molecule has 0 amide bonds. The predicted octanol–water partition coefficient (Wildman–Crippen LogP) is -2.65. The van der Waals surface area contributed by atoms with Crippen molar-refractivity contribution >= 4 is 5.97 Å². The van der Waals surface area contributed by atoms with Crippen molar-refractivity contribution in [3.8, 4) is 0 Å². The summed E-state index contributed by atoms with van der Waals surface area (Å²) in [4.78, 5) is 10.7. The van der Waals surface area contributed by atoms with Gasteiger partial charge in [-0.3, -0.25) is 0 Å². The lowest BCUT2D eigenvalue weighted by atomic mass is 10.1. The molecule has 2 aliphatic rings. The summed E-state index contributed by atoms with van der Waals surface area (Å²) in [6, 6.07) is 0. The fourth-order valence-electron chi connectivity index (χ4n) is 1.40. The van der Waals surface area contributed by atoms with Gasteiger partial charge in [0.05, 0.1) is 0 Å². The van der Waals surface area contributed by atoms with Crippen LogP contribution in [0, 0.1) is 0 Å². The first-order valence-corrected chi connectivity index (χ1v) is 3.51. The van der Waals surface area contributed by atoms with Crippen LogP contribution in [0.3, 0.4) is 0 Å². The van der Waals surface area contributed by atoms with Crippen molar-refractivity contribution in [1.82, 2.24) is 0 Å². The van der Waals surface area contributed by atoms with Crippen molar-refractivity contribution in [3.63, 3.8) is 0 Å². The third-order valence-corrected chi connectivity index (χ3v) is 2.05. The molecule has 0 aliphatic carbocycles. The van der Waals surface area contributed by atoms with E-state index in [4.69, 9.17) is 15.3 Å². The van der Waals surface area contributed by atoms with E-state index in [1.807, 2.05) is 0 Å². The van der Waals surface area contributed by atoms with Crippen LogP contribution < -0.4 is 0 Å². The zero-order valence-electron chi connectivity index (χ0n) is 5.95. The van der Waals surface area contributed by atoms with E-state index < -0.39 is 36.7 Å². The Bertz CT molecular complexity index is 216. The molecule has 5 atom stereocenters. The molecule has 68 valence electrons. The summed E-state index contributed by atoms with van der Waals surface area (Å²) in [5, 5.41) is 27.2. The quantitative estimate of drug-likeness (QED) is 0.349. The van der Waals surface area contributed by atoms with E-state index in [9.17, 15) is 4.79 Å². The van der Waals surface area contributed by atoms with Gasteiger partial charge in [0.25, 0.3) is 0 Å². The highest BCUT2D eigenvalue weighted by molar-refractivity contribution is 5.78. The molecule has 2 unspecified atom stereocenters. The normalized spacial score (nSPS) is 52.2. The number of hydrogen-bond acceptors (Lipinski definition) is 6. The molecule has 2 saturated heterocycles. The Morgan fingerprint density at radius 2 is 1.83 bits per heavy atom. The van der Waals surface area contributed by atoms with Gasteiger partial charge in [0, 0.05) is 0 Å². The SMILES string of the molecule is O=C1O[C@H]2C(O)[C@@H](O)O[C@@H]2C1O. The van der Waals surface area contributed by atoms with Crippen molar-refractivity contribution in [2.75, 3.05) is 0 Å². The van der Waals surface area contributed by atoms with E-state index >= 15 is 0 Å². The summed E-state index contributed by atoms with van der Waals surface area (Å²) in [6.45, 7) is 0. The van der Waals surface area contributed by atoms with Gasteiger partial charge in [-0.25, -0.2) is 4.79 Å². The van der Waals surface area contributed by atoms with Crippen LogP contribution in [0.2, 0.25) is 0 Å². The molecule has 6 nitrogen and oxygen atoms in total. The highest BCUT2D eigenvalue weighted by Gasteiger charge is 2.56. The number of fused-ring (bicyclic) bond motifs is 1. The Kier molecular flexibility index (Phi) is 1.58. The summed E-state index contributed by atoms with van der Waals surface area (Å²) < 4.78 is 9.25. The zero-order chi connectivity index (χ0) is 8.88. The molecule has 6 heteroatoms. The standard InChI is InChI=1S/C6H8O6/c7-1-3-4(12-5(1)9)2(8)6(10)11-3/h1-5,7-9H/t1?,2?,3-,4+,5-/m0/s1. The van der Waals surface area contributed by atoms with Crippen molar-refractivity contribution in [2.45, 2.75) is 30.7 Å². The van der Waals surface area contributed by atoms with Gasteiger partial charge in [0.15, 0.2) is 18.5 Å². The Morgan fingerprint density at radius 1 is 1.17 bits per heavy atom. The number of aliphatic hydroxyl groups is 3. The second kappa shape index (κ2) is 2.40. The molecular formula is C6H8O6. The minimum atomic E-state index is -1.40. The number of carbonyl (C=O) groups excluding carboxylic acids is 1. The smallest absolute Gasteiger partial charge is 0.338 e. The predicted molar refractivity (Wildman–Crippen MR) is 32.8 cm³/mol. The van der Waals surface area contributed by atoms with Gasteiger partial charge in [-0.05, 0) is 0 Å². The van der Waals surface area contributed by atoms with E-state index in [1.165, 1.54) is 0 Å². The molecule has 0 aromatic rings. The van der Waals surface area contributed by atoms with Gasteiger partial charge in [0.1, 0.15) is 12.2 Å². The highest BCUT2D eigenvalue weighted by Crippen LogP contribution is 2.30. The maximum Gasteiger partial charge on any atom is 0.338 e. The molecule has 2 rings (SSSR count). The second-order valence-electron chi connectivity index (χ2n) is 2.83. The molecule has 2 fully saturated rings. The first kappa shape index (κ1) is 7.93. The molecule has 2 aliphatic heterocycles. The molecule has 0 saturated carbocycles. The van der Waals surface area contributed by atoms with E-state index in [2.05, 4.69) is 9.47 Å². The van der Waals surface area contributed by atoms with Gasteiger partial charge in [-0.2, -0.15) is 0 Å². The molecular weight excluding hydrogens is 168 g/mol. The number of hydrogen-bond donors (Lipinski definition) is 3. The van der Waals surface area contributed by atoms with E-state index in [0.717, 1.165) is 0 Å². The van der Waals surface area contributed by atoms with Crippen molar-refractivity contribution in [2.24, 2.45) is 0 Å². The molecule has 0 aromatic heterocycles. The maximum atomic E-state index is 10.7. The number of esters is 1. The largest absolute Gasteiger partial charge is 0.454 e. The van der Waals surface area contributed by atoms with Gasteiger partial charge in [0.2, 0.25) is 0 Å². The fourth-order valence-corrected chi connectivity index (χ4v) is 1.40. The monoisotopic (exact) mass is 176 g/mol. The molecule has 0 spiro atoms. The summed E-state index contributed by atoms with van der Waals surface area (Å²) in [6.07, 6.45) is -5.94. The molecule has 2 heterocycles. The lowest BCUT2D eigenvalue weighted by Crippen LogP contribution is -2.32. The number of aliphatic hydroxyl groups excluding tert-OH is 3. The first-order chi connectivity index (χ1) is 5.61. The van der Waals surface area contributed by atoms with Gasteiger partial charge in [-0.15, -0.1) is 0 Å². The summed E-state index contributed by atoms with van der Waals surface area (Å²) in [7, 11) is 0. The van der Waals surface area contributed by atoms with E-state index in [-0.39, 0.29) is 0 Å². The Balaban J connectivity index is 2.19. The third-order valence-electron chi connectivity index (χ3n) is 2.05. The molecule has 12 heavy (non-hydrogen) atoms. The maximum absolute atomic E-state index is 10.7. The average Bonchev–Trinajstić information content (AvgIpc) is 2.43. The van der Waals surface area contributed by atoms with Crippen molar-refractivity contribution < 1.29 is 29.6 Å². The van der Waals surface area contributed by atoms with Gasteiger partial charge in [-0.1, -0.05) is 0 Å². The molecule has 0 bridgehead atoms. The Labute approximate surface area is 67.3 Å². The fraction of sp³-hybridized carbons (Fsp3) is 0.833. The van der Waals surface area contributed by atoms with Gasteiger partial charge >= 0.3 is 5.97 Å². The van der Waals surface area contributed by atoms with E-state index in [0.29, 0.717) is 0 Å². The minimum Gasteiger partial charge on any atom is -0.454 e. The average molecular weight is 176 g/mol. The van der Waals surface area contributed by atoms with Crippen LogP contribution in [0.15, 0.2) is 0 Å². The van der Waals surface area contributed by atoms with Crippen LogP contribution in [-0.2, 0) is 14.3 Å². The van der Waals surface area contributed by atoms with Gasteiger partial charge < -0.3 is 24.8 Å². The number of rotatable bonds is 0. The van der Waals surface area contributed by atoms with Crippen LogP contribution in [0.4, 0.5) is 0 Å². The van der Waals surface area contributed by atoms with Crippen LogP contribution in [0.25, 0.3) is 0 Å². The van der Waals surface area contributed by atoms with Crippen molar-refractivity contribution in [3.05, 3.63) is 0 Å². The van der Waals surface area contributed by atoms with Crippen LogP contribution in [0.1, 0.15) is 0 Å². The lowest BCUT2D eigenvalue weighted by molar-refractivity contribution is -0.168. The van der Waals surface area contributed by atoms with Crippen LogP contribution in [0.5, 0.6) is 0 Å². The van der Waals surface area contributed by atoms with Crippen LogP contribution in [-0.4, -0.2) is 52.0 Å². The lowest BCUT2D eigenvalue weighted by Gasteiger charge is -2.10. The molecule has 0 radical (unpaired) electrons. The zero-order valence-corrected chi connectivity index (χ0v) is 5.95. The Hall–Kier alpha value is -0.690. The summed E-state index contributed by atoms with van der Waals surface area (Å²) in [5.74, 6) is -0.823. The van der Waals surface area contributed by atoms with Crippen molar-refractivity contribution in [1.29, 1.82) is 0 Å². The summed E-state index contributed by atoms with van der Waals surface area (Å²) >= 11 is 0. The minimum absolute atomic E-state index is 0.823. The summed E-state index contributed by atoms with van der Waals surface area (Å²) in [5.41, 5.74) is 0. The molecule has 3 N–H and O–H groups in total. The number of carbonyl (C=O) groups is 1. The third kappa shape index (κ3) is 0.862. The topological polar surface area (TPSA) is 96.2 Å². The van der Waals surface area contributed by atoms with Crippen LogP contribution >= 0.6 is 0 Å². The number of ether oxygens (including phenoxy) is 2. The second-order valence-corrected chi connectivity index (χ2v) is 2.83. The first-order valence-electron chi connectivity index (χ1n) is 3.51. The highest BCUT2D eigenvalue weighted by atomic mass is 16.7. The molecule has 0 aromatic carbocycles. The van der Waals surface area contributed by atoms with E-state index in [1.54, 1.807) is 0 Å².